The first kappa shape index (κ1) is 17.1. The van der Waals surface area contributed by atoms with Crippen molar-refractivity contribution in [1.29, 1.82) is 0 Å². The van der Waals surface area contributed by atoms with Gasteiger partial charge in [-0.3, -0.25) is 9.59 Å². The molecule has 1 aliphatic heterocycles. The van der Waals surface area contributed by atoms with Crippen LogP contribution in [0.3, 0.4) is 0 Å². The predicted molar refractivity (Wildman–Crippen MR) is 102 cm³/mol. The fraction of sp³-hybridized carbons (Fsp3) is 0.316. The smallest absolute Gasteiger partial charge is 0.275 e. The van der Waals surface area contributed by atoms with Crippen molar-refractivity contribution in [3.8, 4) is 0 Å². The van der Waals surface area contributed by atoms with Crippen LogP contribution in [-0.4, -0.2) is 57.2 Å². The Morgan fingerprint density at radius 3 is 2.30 bits per heavy atom. The Bertz CT molecular complexity index is 1050. The Balaban J connectivity index is 1.54. The molecule has 27 heavy (non-hydrogen) atoms. The van der Waals surface area contributed by atoms with Crippen LogP contribution in [0.5, 0.6) is 0 Å². The van der Waals surface area contributed by atoms with Gasteiger partial charge in [-0.15, -0.1) is 0 Å². The highest BCUT2D eigenvalue weighted by molar-refractivity contribution is 6.04. The van der Waals surface area contributed by atoms with Gasteiger partial charge in [0, 0.05) is 43.0 Å². The number of hydrogen-bond acceptors (Lipinski definition) is 6. The van der Waals surface area contributed by atoms with Crippen LogP contribution in [-0.2, 0) is 0 Å². The van der Waals surface area contributed by atoms with E-state index in [4.69, 9.17) is 0 Å². The van der Waals surface area contributed by atoms with Crippen molar-refractivity contribution in [2.75, 3.05) is 31.1 Å². The van der Waals surface area contributed by atoms with E-state index in [9.17, 15) is 9.59 Å². The lowest BCUT2D eigenvalue weighted by Gasteiger charge is -2.34. The zero-order chi connectivity index (χ0) is 19.0. The van der Waals surface area contributed by atoms with E-state index in [1.165, 1.54) is 0 Å². The molecule has 1 aromatic carbocycles. The zero-order valence-electron chi connectivity index (χ0n) is 15.3. The highest BCUT2D eigenvalue weighted by Crippen LogP contribution is 2.17. The van der Waals surface area contributed by atoms with Gasteiger partial charge in [0.15, 0.2) is 5.69 Å². The summed E-state index contributed by atoms with van der Waals surface area (Å²) in [5, 5.41) is 7.49. The number of hydrogen-bond donors (Lipinski definition) is 1. The number of aromatic nitrogens is 4. The Labute approximate surface area is 155 Å². The molecule has 1 amide bonds. The molecule has 0 radical (unpaired) electrons. The summed E-state index contributed by atoms with van der Waals surface area (Å²) < 4.78 is 0. The highest BCUT2D eigenvalue weighted by Gasteiger charge is 2.26. The van der Waals surface area contributed by atoms with Crippen molar-refractivity contribution >= 4 is 22.6 Å². The number of amides is 1. The van der Waals surface area contributed by atoms with E-state index >= 15 is 0 Å². The lowest BCUT2D eigenvalue weighted by atomic mass is 10.1. The van der Waals surface area contributed by atoms with Crippen LogP contribution < -0.4 is 10.5 Å². The van der Waals surface area contributed by atoms with Crippen molar-refractivity contribution in [3.05, 3.63) is 57.8 Å². The summed E-state index contributed by atoms with van der Waals surface area (Å²) >= 11 is 0. The standard InChI is InChI=1S/C19H20N6O2/c1-12-11-13(2)21-19(20-12)25-9-7-24(8-10-25)18(27)16-14-5-3-4-6-15(14)17(26)23-22-16/h3-6,11H,7-10H2,1-2H3,(H,23,26). The summed E-state index contributed by atoms with van der Waals surface area (Å²) in [6.45, 7) is 6.29. The number of aryl methyl sites for hydroxylation is 2. The first-order valence-corrected chi connectivity index (χ1v) is 8.87. The van der Waals surface area contributed by atoms with Gasteiger partial charge in [-0.2, -0.15) is 5.10 Å². The van der Waals surface area contributed by atoms with E-state index in [0.717, 1.165) is 11.4 Å². The number of carbonyl (C=O) groups excluding carboxylic acids is 1. The normalized spacial score (nSPS) is 14.6. The van der Waals surface area contributed by atoms with Gasteiger partial charge in [0.2, 0.25) is 5.95 Å². The summed E-state index contributed by atoms with van der Waals surface area (Å²) in [5.74, 6) is 0.524. The minimum absolute atomic E-state index is 0.177. The van der Waals surface area contributed by atoms with Crippen LogP contribution in [0.4, 0.5) is 5.95 Å². The Hall–Kier alpha value is -3.29. The molecule has 0 atom stereocenters. The van der Waals surface area contributed by atoms with E-state index in [-0.39, 0.29) is 17.2 Å². The number of nitrogens with one attached hydrogen (secondary N) is 1. The van der Waals surface area contributed by atoms with Crippen LogP contribution >= 0.6 is 0 Å². The monoisotopic (exact) mass is 364 g/mol. The molecule has 0 aliphatic carbocycles. The molecule has 1 saturated heterocycles. The average Bonchev–Trinajstić information content (AvgIpc) is 2.67. The number of nitrogens with zero attached hydrogens (tertiary/aromatic N) is 5. The lowest BCUT2D eigenvalue weighted by Crippen LogP contribution is -2.49. The van der Waals surface area contributed by atoms with Crippen molar-refractivity contribution in [2.24, 2.45) is 0 Å². The van der Waals surface area contributed by atoms with E-state index in [0.29, 0.717) is 42.9 Å². The number of H-pyrrole nitrogens is 1. The molecule has 8 heteroatoms. The number of aromatic amines is 1. The van der Waals surface area contributed by atoms with Crippen molar-refractivity contribution in [3.63, 3.8) is 0 Å². The summed E-state index contributed by atoms with van der Waals surface area (Å²) in [6.07, 6.45) is 0. The molecule has 1 fully saturated rings. The SMILES string of the molecule is Cc1cc(C)nc(N2CCN(C(=O)c3n[nH]c(=O)c4ccccc34)CC2)n1. The third kappa shape index (κ3) is 3.25. The molecular formula is C19H20N6O2. The predicted octanol–water partition coefficient (Wildman–Crippen LogP) is 1.29. The first-order chi connectivity index (χ1) is 13.0. The second-order valence-corrected chi connectivity index (χ2v) is 6.68. The molecule has 3 aromatic rings. The number of carbonyl (C=O) groups is 1. The largest absolute Gasteiger partial charge is 0.337 e. The Kier molecular flexibility index (Phi) is 4.31. The molecule has 2 aromatic heterocycles. The molecule has 8 nitrogen and oxygen atoms in total. The van der Waals surface area contributed by atoms with Gasteiger partial charge < -0.3 is 9.80 Å². The van der Waals surface area contributed by atoms with Crippen molar-refractivity contribution in [2.45, 2.75) is 13.8 Å². The van der Waals surface area contributed by atoms with Crippen LogP contribution in [0.1, 0.15) is 21.9 Å². The van der Waals surface area contributed by atoms with Gasteiger partial charge in [-0.1, -0.05) is 18.2 Å². The topological polar surface area (TPSA) is 95.1 Å². The molecule has 3 heterocycles. The fourth-order valence-electron chi connectivity index (χ4n) is 3.39. The van der Waals surface area contributed by atoms with Crippen LogP contribution in [0.2, 0.25) is 0 Å². The average molecular weight is 364 g/mol. The number of anilines is 1. The van der Waals surface area contributed by atoms with Crippen molar-refractivity contribution in [1.82, 2.24) is 25.1 Å². The molecule has 0 spiro atoms. The van der Waals surface area contributed by atoms with Gasteiger partial charge in [0.25, 0.3) is 11.5 Å². The maximum absolute atomic E-state index is 13.0. The van der Waals surface area contributed by atoms with Crippen molar-refractivity contribution < 1.29 is 4.79 Å². The summed E-state index contributed by atoms with van der Waals surface area (Å²) in [7, 11) is 0. The maximum atomic E-state index is 13.0. The number of fused-ring (bicyclic) bond motifs is 1. The molecule has 0 saturated carbocycles. The van der Waals surface area contributed by atoms with E-state index in [2.05, 4.69) is 25.1 Å². The van der Waals surface area contributed by atoms with Gasteiger partial charge in [-0.05, 0) is 26.0 Å². The number of benzene rings is 1. The minimum atomic E-state index is -0.293. The Morgan fingerprint density at radius 2 is 1.63 bits per heavy atom. The third-order valence-corrected chi connectivity index (χ3v) is 4.72. The zero-order valence-corrected chi connectivity index (χ0v) is 15.3. The van der Waals surface area contributed by atoms with Gasteiger partial charge in [0.1, 0.15) is 0 Å². The molecule has 138 valence electrons. The van der Waals surface area contributed by atoms with Gasteiger partial charge in [0.05, 0.1) is 5.39 Å². The third-order valence-electron chi connectivity index (χ3n) is 4.72. The quantitative estimate of drug-likeness (QED) is 0.736. The van der Waals surface area contributed by atoms with Gasteiger partial charge >= 0.3 is 0 Å². The lowest BCUT2D eigenvalue weighted by molar-refractivity contribution is 0.0741. The number of rotatable bonds is 2. The summed E-state index contributed by atoms with van der Waals surface area (Å²) in [5.41, 5.74) is 1.85. The molecule has 0 bridgehead atoms. The second kappa shape index (κ2) is 6.79. The van der Waals surface area contributed by atoms with E-state index < -0.39 is 0 Å². The minimum Gasteiger partial charge on any atom is -0.337 e. The van der Waals surface area contributed by atoms with Crippen LogP contribution in [0.25, 0.3) is 10.8 Å². The molecule has 4 rings (SSSR count). The summed E-state index contributed by atoms with van der Waals surface area (Å²) in [4.78, 5) is 37.7. The summed E-state index contributed by atoms with van der Waals surface area (Å²) in [6, 6.07) is 8.96. The van der Waals surface area contributed by atoms with E-state index in [1.807, 2.05) is 19.9 Å². The molecule has 1 aliphatic rings. The molecule has 1 N–H and O–H groups in total. The molecular weight excluding hydrogens is 344 g/mol. The van der Waals surface area contributed by atoms with Crippen LogP contribution in [0.15, 0.2) is 35.1 Å². The van der Waals surface area contributed by atoms with Crippen LogP contribution in [0, 0.1) is 13.8 Å². The number of piperazine rings is 1. The highest BCUT2D eigenvalue weighted by atomic mass is 16.2. The first-order valence-electron chi connectivity index (χ1n) is 8.87. The van der Waals surface area contributed by atoms with Gasteiger partial charge in [-0.25, -0.2) is 15.1 Å². The second-order valence-electron chi connectivity index (χ2n) is 6.68. The Morgan fingerprint density at radius 1 is 1.00 bits per heavy atom. The molecule has 0 unspecified atom stereocenters. The fourth-order valence-corrected chi connectivity index (χ4v) is 3.39. The maximum Gasteiger partial charge on any atom is 0.275 e. The van der Waals surface area contributed by atoms with E-state index in [1.54, 1.807) is 29.2 Å².